The summed E-state index contributed by atoms with van der Waals surface area (Å²) in [5.74, 6) is 0.678. The smallest absolute Gasteiger partial charge is 0.254 e. The third-order valence-electron chi connectivity index (χ3n) is 2.89. The maximum Gasteiger partial charge on any atom is 0.254 e. The molecular formula is C15H17NO4. The van der Waals surface area contributed by atoms with Gasteiger partial charge in [-0.15, -0.1) is 0 Å². The molecule has 106 valence electrons. The minimum absolute atomic E-state index is 0.120. The van der Waals surface area contributed by atoms with E-state index in [9.17, 15) is 9.59 Å². The van der Waals surface area contributed by atoms with Gasteiger partial charge >= 0.3 is 0 Å². The number of hydrogen-bond acceptors (Lipinski definition) is 4. The quantitative estimate of drug-likeness (QED) is 0.658. The molecule has 1 fully saturated rings. The van der Waals surface area contributed by atoms with Crippen molar-refractivity contribution in [2.45, 2.75) is 19.8 Å². The third kappa shape index (κ3) is 3.17. The van der Waals surface area contributed by atoms with Crippen LogP contribution in [0.3, 0.4) is 0 Å². The van der Waals surface area contributed by atoms with Crippen molar-refractivity contribution >= 4 is 17.9 Å². The number of ether oxygens (including phenoxy) is 2. The Kier molecular flexibility index (Phi) is 4.40. The molecule has 0 spiro atoms. The normalized spacial score (nSPS) is 16.4. The van der Waals surface area contributed by atoms with Gasteiger partial charge in [0.25, 0.3) is 5.91 Å². The van der Waals surface area contributed by atoms with Crippen LogP contribution in [0.15, 0.2) is 23.8 Å². The molecule has 1 saturated heterocycles. The fourth-order valence-electron chi connectivity index (χ4n) is 1.93. The van der Waals surface area contributed by atoms with Crippen LogP contribution >= 0.6 is 0 Å². The Morgan fingerprint density at radius 3 is 2.70 bits per heavy atom. The molecule has 1 N–H and O–H groups in total. The molecule has 0 saturated carbocycles. The van der Waals surface area contributed by atoms with Crippen molar-refractivity contribution < 1.29 is 19.1 Å². The van der Waals surface area contributed by atoms with Crippen LogP contribution in [0.1, 0.15) is 25.3 Å². The molecule has 1 aromatic carbocycles. The zero-order chi connectivity index (χ0) is 14.5. The van der Waals surface area contributed by atoms with E-state index in [1.165, 1.54) is 0 Å². The van der Waals surface area contributed by atoms with E-state index in [0.717, 1.165) is 12.0 Å². The Bertz CT molecular complexity index is 563. The van der Waals surface area contributed by atoms with E-state index in [1.807, 2.05) is 13.0 Å². The van der Waals surface area contributed by atoms with Crippen molar-refractivity contribution in [2.75, 3.05) is 13.7 Å². The van der Waals surface area contributed by atoms with Crippen LogP contribution in [0, 0.1) is 0 Å². The molecule has 1 aliphatic rings. The number of amides is 2. The zero-order valence-electron chi connectivity index (χ0n) is 11.6. The van der Waals surface area contributed by atoms with Gasteiger partial charge in [-0.1, -0.05) is 13.0 Å². The summed E-state index contributed by atoms with van der Waals surface area (Å²) in [4.78, 5) is 22.6. The molecule has 5 heteroatoms. The first-order valence-electron chi connectivity index (χ1n) is 6.49. The maximum absolute atomic E-state index is 11.5. The fraction of sp³-hybridized carbons (Fsp3) is 0.333. The van der Waals surface area contributed by atoms with Crippen LogP contribution in [0.25, 0.3) is 6.08 Å². The van der Waals surface area contributed by atoms with E-state index in [0.29, 0.717) is 23.7 Å². The molecule has 1 aromatic rings. The van der Waals surface area contributed by atoms with Crippen LogP contribution in [-0.2, 0) is 9.59 Å². The average molecular weight is 275 g/mol. The molecule has 0 atom stereocenters. The predicted octanol–water partition coefficient (Wildman–Crippen LogP) is 1.91. The number of rotatable bonds is 5. The number of methoxy groups -OCH3 is 1. The van der Waals surface area contributed by atoms with Gasteiger partial charge in [-0.2, -0.15) is 0 Å². The first kappa shape index (κ1) is 14.1. The number of hydrogen-bond donors (Lipinski definition) is 1. The van der Waals surface area contributed by atoms with E-state index < -0.39 is 0 Å². The molecule has 5 nitrogen and oxygen atoms in total. The van der Waals surface area contributed by atoms with Crippen molar-refractivity contribution in [2.24, 2.45) is 0 Å². The molecule has 0 aromatic heterocycles. The van der Waals surface area contributed by atoms with E-state index in [-0.39, 0.29) is 18.2 Å². The first-order valence-corrected chi connectivity index (χ1v) is 6.49. The van der Waals surface area contributed by atoms with Gasteiger partial charge in [-0.3, -0.25) is 14.9 Å². The lowest BCUT2D eigenvalue weighted by Gasteiger charge is -2.10. The van der Waals surface area contributed by atoms with E-state index in [1.54, 1.807) is 25.3 Å². The summed E-state index contributed by atoms with van der Waals surface area (Å²) < 4.78 is 10.8. The molecule has 20 heavy (non-hydrogen) atoms. The highest BCUT2D eigenvalue weighted by Gasteiger charge is 2.23. The Labute approximate surface area is 117 Å². The maximum atomic E-state index is 11.5. The molecule has 0 bridgehead atoms. The minimum Gasteiger partial charge on any atom is -0.493 e. The molecule has 1 heterocycles. The Morgan fingerprint density at radius 2 is 2.10 bits per heavy atom. The topological polar surface area (TPSA) is 64.6 Å². The number of nitrogens with one attached hydrogen (secondary N) is 1. The number of benzene rings is 1. The van der Waals surface area contributed by atoms with Gasteiger partial charge in [-0.05, 0) is 30.2 Å². The summed E-state index contributed by atoms with van der Waals surface area (Å²) in [5.41, 5.74) is 1.25. The van der Waals surface area contributed by atoms with Gasteiger partial charge in [0.15, 0.2) is 11.5 Å². The lowest BCUT2D eigenvalue weighted by molar-refractivity contribution is -0.124. The number of imide groups is 1. The lowest BCUT2D eigenvalue weighted by Crippen LogP contribution is -2.19. The van der Waals surface area contributed by atoms with Gasteiger partial charge in [0.1, 0.15) is 0 Å². The molecule has 2 amide bonds. The van der Waals surface area contributed by atoms with Gasteiger partial charge in [-0.25, -0.2) is 0 Å². The summed E-state index contributed by atoms with van der Waals surface area (Å²) in [7, 11) is 1.57. The second-order valence-corrected chi connectivity index (χ2v) is 4.48. The fourth-order valence-corrected chi connectivity index (χ4v) is 1.93. The first-order chi connectivity index (χ1) is 9.63. The molecular weight excluding hydrogens is 258 g/mol. The highest BCUT2D eigenvalue weighted by atomic mass is 16.5. The minimum atomic E-state index is -0.333. The monoisotopic (exact) mass is 275 g/mol. The van der Waals surface area contributed by atoms with E-state index in [4.69, 9.17) is 9.47 Å². The van der Waals surface area contributed by atoms with Crippen molar-refractivity contribution in [3.63, 3.8) is 0 Å². The summed E-state index contributed by atoms with van der Waals surface area (Å²) in [5, 5.41) is 2.25. The summed E-state index contributed by atoms with van der Waals surface area (Å²) >= 11 is 0. The predicted molar refractivity (Wildman–Crippen MR) is 74.5 cm³/mol. The molecule has 0 radical (unpaired) electrons. The van der Waals surface area contributed by atoms with Crippen molar-refractivity contribution in [1.82, 2.24) is 5.32 Å². The Balaban J connectivity index is 2.23. The highest BCUT2D eigenvalue weighted by molar-refractivity contribution is 6.15. The van der Waals surface area contributed by atoms with Crippen LogP contribution in [-0.4, -0.2) is 25.5 Å². The summed E-state index contributed by atoms with van der Waals surface area (Å²) in [6.07, 6.45) is 2.72. The van der Waals surface area contributed by atoms with Crippen LogP contribution in [0.4, 0.5) is 0 Å². The van der Waals surface area contributed by atoms with Crippen LogP contribution in [0.5, 0.6) is 11.5 Å². The van der Waals surface area contributed by atoms with Gasteiger partial charge in [0.2, 0.25) is 5.91 Å². The molecule has 0 unspecified atom stereocenters. The zero-order valence-corrected chi connectivity index (χ0v) is 11.6. The third-order valence-corrected chi connectivity index (χ3v) is 2.89. The number of carbonyl (C=O) groups excluding carboxylic acids is 2. The van der Waals surface area contributed by atoms with E-state index >= 15 is 0 Å². The Morgan fingerprint density at radius 1 is 1.30 bits per heavy atom. The second-order valence-electron chi connectivity index (χ2n) is 4.48. The van der Waals surface area contributed by atoms with Crippen molar-refractivity contribution in [3.8, 4) is 11.5 Å². The van der Waals surface area contributed by atoms with Gasteiger partial charge in [0.05, 0.1) is 20.1 Å². The summed E-state index contributed by atoms with van der Waals surface area (Å²) in [6.45, 7) is 2.65. The average Bonchev–Trinajstić information content (AvgIpc) is 2.75. The van der Waals surface area contributed by atoms with Gasteiger partial charge in [0, 0.05) is 5.57 Å². The van der Waals surface area contributed by atoms with E-state index in [2.05, 4.69) is 5.32 Å². The number of carbonyl (C=O) groups is 2. The lowest BCUT2D eigenvalue weighted by atomic mass is 10.1. The van der Waals surface area contributed by atoms with Crippen LogP contribution in [0.2, 0.25) is 0 Å². The summed E-state index contributed by atoms with van der Waals surface area (Å²) in [6, 6.07) is 5.42. The SMILES string of the molecule is CCCOc1ccc(C=C2CC(=O)NC2=O)cc1OC. The van der Waals surface area contributed by atoms with Gasteiger partial charge < -0.3 is 9.47 Å². The molecule has 0 aliphatic carbocycles. The standard InChI is InChI=1S/C15H17NO4/c1-3-6-20-12-5-4-10(8-13(12)19-2)7-11-9-14(17)16-15(11)18/h4-5,7-8H,3,6,9H2,1-2H3,(H,16,17,18). The largest absolute Gasteiger partial charge is 0.493 e. The molecule has 2 rings (SSSR count). The van der Waals surface area contributed by atoms with Crippen LogP contribution < -0.4 is 14.8 Å². The molecule has 1 aliphatic heterocycles. The second kappa shape index (κ2) is 6.23. The highest BCUT2D eigenvalue weighted by Crippen LogP contribution is 2.29. The van der Waals surface area contributed by atoms with Crippen molar-refractivity contribution in [3.05, 3.63) is 29.3 Å². The van der Waals surface area contributed by atoms with Crippen molar-refractivity contribution in [1.29, 1.82) is 0 Å². The Hall–Kier alpha value is -2.30.